The van der Waals surface area contributed by atoms with Gasteiger partial charge >= 0.3 is 0 Å². The van der Waals surface area contributed by atoms with Crippen LogP contribution in [0, 0.1) is 11.3 Å². The summed E-state index contributed by atoms with van der Waals surface area (Å²) in [4.78, 5) is 12.3. The summed E-state index contributed by atoms with van der Waals surface area (Å²) >= 11 is 1.52. The summed E-state index contributed by atoms with van der Waals surface area (Å²) in [7, 11) is 0. The first kappa shape index (κ1) is 14.6. The molecule has 2 atom stereocenters. The molecule has 1 aromatic carbocycles. The first-order valence-corrected chi connectivity index (χ1v) is 8.15. The number of fused-ring (bicyclic) bond motifs is 1. The zero-order valence-corrected chi connectivity index (χ0v) is 12.8. The highest BCUT2D eigenvalue weighted by atomic mass is 32.1. The van der Waals surface area contributed by atoms with Gasteiger partial charge in [0, 0.05) is 6.42 Å². The second-order valence-electron chi connectivity index (χ2n) is 5.26. The summed E-state index contributed by atoms with van der Waals surface area (Å²) < 4.78 is 5.61. The number of nitrogens with one attached hydrogen (secondary N) is 1. The molecule has 4 nitrogen and oxygen atoms in total. The van der Waals surface area contributed by atoms with Crippen molar-refractivity contribution in [2.24, 2.45) is 0 Å². The van der Waals surface area contributed by atoms with Crippen molar-refractivity contribution in [1.82, 2.24) is 5.32 Å². The fourth-order valence-electron chi connectivity index (χ4n) is 2.70. The Morgan fingerprint density at radius 1 is 1.45 bits per heavy atom. The number of hydrogen-bond donors (Lipinski definition) is 1. The molecule has 0 radical (unpaired) electrons. The Morgan fingerprint density at radius 3 is 3.09 bits per heavy atom. The molecule has 0 fully saturated rings. The molecule has 1 aliphatic heterocycles. The van der Waals surface area contributed by atoms with Crippen LogP contribution in [-0.4, -0.2) is 12.5 Å². The molecule has 0 unspecified atom stereocenters. The highest BCUT2D eigenvalue weighted by Crippen LogP contribution is 2.35. The molecule has 22 heavy (non-hydrogen) atoms. The van der Waals surface area contributed by atoms with E-state index in [9.17, 15) is 10.1 Å². The summed E-state index contributed by atoms with van der Waals surface area (Å²) in [6.45, 7) is 0.626. The Hall–Kier alpha value is -2.32. The molecule has 2 heterocycles. The van der Waals surface area contributed by atoms with Crippen molar-refractivity contribution in [2.75, 3.05) is 6.61 Å². The van der Waals surface area contributed by atoms with Crippen LogP contribution in [0.5, 0.6) is 5.75 Å². The van der Waals surface area contributed by atoms with Crippen molar-refractivity contribution in [3.8, 4) is 11.8 Å². The third-order valence-corrected chi connectivity index (χ3v) is 4.53. The maximum absolute atomic E-state index is 12.3. The molecule has 1 aromatic heterocycles. The molecule has 2 aromatic rings. The second kappa shape index (κ2) is 6.63. The third kappa shape index (κ3) is 3.12. The van der Waals surface area contributed by atoms with Gasteiger partial charge in [0.1, 0.15) is 11.8 Å². The first-order valence-electron chi connectivity index (χ1n) is 7.20. The van der Waals surface area contributed by atoms with Crippen LogP contribution in [-0.2, 0) is 4.79 Å². The lowest BCUT2D eigenvalue weighted by molar-refractivity contribution is -0.122. The van der Waals surface area contributed by atoms with Gasteiger partial charge in [0.25, 0.3) is 0 Å². The number of amides is 1. The molecule has 0 aliphatic carbocycles. The Bertz CT molecular complexity index is 691. The van der Waals surface area contributed by atoms with E-state index in [4.69, 9.17) is 4.74 Å². The number of para-hydroxylation sites is 1. The fourth-order valence-corrected chi connectivity index (χ4v) is 3.39. The minimum Gasteiger partial charge on any atom is -0.493 e. The number of carbonyl (C=O) groups excluding carboxylic acids is 1. The molecule has 1 N–H and O–H groups in total. The second-order valence-corrected chi connectivity index (χ2v) is 6.04. The largest absolute Gasteiger partial charge is 0.493 e. The van der Waals surface area contributed by atoms with Crippen LogP contribution in [0.15, 0.2) is 41.1 Å². The van der Waals surface area contributed by atoms with Gasteiger partial charge in [0.2, 0.25) is 5.91 Å². The van der Waals surface area contributed by atoms with Crippen LogP contribution in [0.25, 0.3) is 0 Å². The van der Waals surface area contributed by atoms with E-state index in [1.54, 1.807) is 0 Å². The van der Waals surface area contributed by atoms with E-state index in [2.05, 4.69) is 11.4 Å². The van der Waals surface area contributed by atoms with Crippen molar-refractivity contribution >= 4 is 17.2 Å². The van der Waals surface area contributed by atoms with Gasteiger partial charge in [0.05, 0.1) is 12.7 Å². The number of carbonyl (C=O) groups is 1. The highest BCUT2D eigenvalue weighted by molar-refractivity contribution is 7.08. The standard InChI is InChI=1S/C17H16N2O2S/c18-10-15(13-6-8-22-11-13)19-17(20)9-12-5-7-21-16-4-2-1-3-14(12)16/h1-4,6,8,11-12,15H,5,7,9H2,(H,19,20)/t12-,15-/m0/s1. The summed E-state index contributed by atoms with van der Waals surface area (Å²) in [5.41, 5.74) is 1.92. The van der Waals surface area contributed by atoms with Crippen LogP contribution in [0.3, 0.4) is 0 Å². The van der Waals surface area contributed by atoms with Crippen LogP contribution >= 0.6 is 11.3 Å². The maximum atomic E-state index is 12.3. The van der Waals surface area contributed by atoms with E-state index < -0.39 is 6.04 Å². The minimum atomic E-state index is -0.575. The quantitative estimate of drug-likeness (QED) is 0.941. The van der Waals surface area contributed by atoms with E-state index in [-0.39, 0.29) is 11.8 Å². The van der Waals surface area contributed by atoms with Crippen LogP contribution in [0.4, 0.5) is 0 Å². The molecule has 0 bridgehead atoms. The first-order chi connectivity index (χ1) is 10.8. The Balaban J connectivity index is 1.67. The van der Waals surface area contributed by atoms with Gasteiger partial charge < -0.3 is 10.1 Å². The number of nitrogens with zero attached hydrogens (tertiary/aromatic N) is 1. The molecule has 5 heteroatoms. The van der Waals surface area contributed by atoms with Crippen molar-refractivity contribution in [3.05, 3.63) is 52.2 Å². The molecule has 0 saturated carbocycles. The number of thiophene rings is 1. The van der Waals surface area contributed by atoms with E-state index in [0.717, 1.165) is 23.3 Å². The van der Waals surface area contributed by atoms with E-state index in [1.807, 2.05) is 41.1 Å². The molecule has 1 amide bonds. The number of rotatable bonds is 4. The van der Waals surface area contributed by atoms with E-state index in [1.165, 1.54) is 11.3 Å². The van der Waals surface area contributed by atoms with Crippen LogP contribution in [0.1, 0.15) is 35.9 Å². The molecule has 3 rings (SSSR count). The Labute approximate surface area is 133 Å². The van der Waals surface area contributed by atoms with Gasteiger partial charge in [-0.05, 0) is 46.4 Å². The third-order valence-electron chi connectivity index (χ3n) is 3.83. The molecule has 1 aliphatic rings. The van der Waals surface area contributed by atoms with Gasteiger partial charge in [-0.25, -0.2) is 0 Å². The molecule has 112 valence electrons. The summed E-state index contributed by atoms with van der Waals surface area (Å²) in [6, 6.07) is 11.3. The normalized spacial score (nSPS) is 17.7. The van der Waals surface area contributed by atoms with Crippen molar-refractivity contribution in [1.29, 1.82) is 5.26 Å². The lowest BCUT2D eigenvalue weighted by Crippen LogP contribution is -2.29. The van der Waals surface area contributed by atoms with Gasteiger partial charge in [-0.3, -0.25) is 4.79 Å². The maximum Gasteiger partial charge on any atom is 0.221 e. The summed E-state index contributed by atoms with van der Waals surface area (Å²) in [6.07, 6.45) is 1.20. The molecular formula is C17H16N2O2S. The summed E-state index contributed by atoms with van der Waals surface area (Å²) in [5, 5.41) is 15.8. The predicted molar refractivity (Wildman–Crippen MR) is 84.7 cm³/mol. The van der Waals surface area contributed by atoms with Gasteiger partial charge in [-0.15, -0.1) is 0 Å². The summed E-state index contributed by atoms with van der Waals surface area (Å²) in [5.74, 6) is 0.910. The molecule has 0 spiro atoms. The van der Waals surface area contributed by atoms with E-state index >= 15 is 0 Å². The number of ether oxygens (including phenoxy) is 1. The van der Waals surface area contributed by atoms with Crippen LogP contribution < -0.4 is 10.1 Å². The lowest BCUT2D eigenvalue weighted by atomic mass is 9.90. The lowest BCUT2D eigenvalue weighted by Gasteiger charge is -2.25. The fraction of sp³-hybridized carbons (Fsp3) is 0.294. The average Bonchev–Trinajstić information content (AvgIpc) is 3.07. The van der Waals surface area contributed by atoms with Gasteiger partial charge in [-0.1, -0.05) is 18.2 Å². The highest BCUT2D eigenvalue weighted by Gasteiger charge is 2.24. The zero-order valence-electron chi connectivity index (χ0n) is 12.0. The van der Waals surface area contributed by atoms with Crippen molar-refractivity contribution in [3.63, 3.8) is 0 Å². The number of benzene rings is 1. The number of hydrogen-bond acceptors (Lipinski definition) is 4. The Morgan fingerprint density at radius 2 is 2.32 bits per heavy atom. The van der Waals surface area contributed by atoms with Crippen molar-refractivity contribution < 1.29 is 9.53 Å². The molecule has 0 saturated heterocycles. The minimum absolute atomic E-state index is 0.0977. The number of nitriles is 1. The van der Waals surface area contributed by atoms with Gasteiger partial charge in [-0.2, -0.15) is 16.6 Å². The topological polar surface area (TPSA) is 62.1 Å². The van der Waals surface area contributed by atoms with Crippen molar-refractivity contribution in [2.45, 2.75) is 24.8 Å². The van der Waals surface area contributed by atoms with Gasteiger partial charge in [0.15, 0.2) is 0 Å². The zero-order chi connectivity index (χ0) is 15.4. The molecular weight excluding hydrogens is 296 g/mol. The smallest absolute Gasteiger partial charge is 0.221 e. The van der Waals surface area contributed by atoms with Crippen LogP contribution in [0.2, 0.25) is 0 Å². The Kier molecular flexibility index (Phi) is 4.40. The monoisotopic (exact) mass is 312 g/mol. The average molecular weight is 312 g/mol. The SMILES string of the molecule is N#C[C@H](NC(=O)C[C@@H]1CCOc2ccccc21)c1ccsc1. The van der Waals surface area contributed by atoms with E-state index in [0.29, 0.717) is 13.0 Å². The predicted octanol–water partition coefficient (Wildman–Crippen LogP) is 3.39.